The number of rotatable bonds is 4. The Labute approximate surface area is 130 Å². The van der Waals surface area contributed by atoms with E-state index in [-0.39, 0.29) is 0 Å². The van der Waals surface area contributed by atoms with Crippen molar-refractivity contribution in [2.24, 2.45) is 0 Å². The van der Waals surface area contributed by atoms with Gasteiger partial charge in [-0.1, -0.05) is 30.1 Å². The largest absolute Gasteiger partial charge is 0.494 e. The summed E-state index contributed by atoms with van der Waals surface area (Å²) >= 11 is 15.1. The molecular weight excluding hydrogens is 351 g/mol. The molecule has 0 saturated carbocycles. The fourth-order valence-corrected chi connectivity index (χ4v) is 2.01. The third-order valence-electron chi connectivity index (χ3n) is 2.36. The van der Waals surface area contributed by atoms with Gasteiger partial charge in [0.2, 0.25) is 0 Å². The predicted molar refractivity (Wildman–Crippen MR) is 81.0 cm³/mol. The van der Waals surface area contributed by atoms with Crippen molar-refractivity contribution in [1.82, 2.24) is 9.97 Å². The summed E-state index contributed by atoms with van der Waals surface area (Å²) in [7, 11) is 0. The fraction of sp³-hybridized carbons (Fsp3) is 0.231. The molecule has 0 spiro atoms. The summed E-state index contributed by atoms with van der Waals surface area (Å²) in [5.74, 6) is 1.31. The Balaban J connectivity index is 2.27. The molecule has 0 N–H and O–H groups in total. The van der Waals surface area contributed by atoms with Crippen LogP contribution >= 0.6 is 39.1 Å². The molecular formula is C13H11BrCl2N2O. The minimum absolute atomic E-state index is 0.293. The van der Waals surface area contributed by atoms with Crippen LogP contribution in [0.1, 0.15) is 13.3 Å². The Bertz CT molecular complexity index is 552. The zero-order chi connectivity index (χ0) is 13.8. The zero-order valence-corrected chi connectivity index (χ0v) is 13.3. The van der Waals surface area contributed by atoms with E-state index in [2.05, 4.69) is 32.8 Å². The Morgan fingerprint density at radius 1 is 1.11 bits per heavy atom. The summed E-state index contributed by atoms with van der Waals surface area (Å²) in [6.07, 6.45) is 0.975. The number of hydrogen-bond acceptors (Lipinski definition) is 3. The van der Waals surface area contributed by atoms with E-state index in [9.17, 15) is 0 Å². The van der Waals surface area contributed by atoms with Crippen molar-refractivity contribution in [3.8, 4) is 17.1 Å². The van der Waals surface area contributed by atoms with Gasteiger partial charge in [-0.25, -0.2) is 9.97 Å². The average molecular weight is 362 g/mol. The summed E-state index contributed by atoms with van der Waals surface area (Å²) in [4.78, 5) is 8.36. The van der Waals surface area contributed by atoms with Gasteiger partial charge in [0.25, 0.3) is 0 Å². The molecule has 1 aromatic heterocycles. The molecule has 100 valence electrons. The van der Waals surface area contributed by atoms with E-state index in [1.54, 1.807) is 0 Å². The third-order valence-corrected chi connectivity index (χ3v) is 4.11. The van der Waals surface area contributed by atoms with E-state index in [1.165, 1.54) is 0 Å². The SMILES string of the molecule is CCCOc1ccc(-c2nc(Cl)c(Br)c(Cl)n2)cc1. The Hall–Kier alpha value is -0.840. The molecule has 0 amide bonds. The second kappa shape index (κ2) is 6.55. The Kier molecular flexibility index (Phi) is 5.02. The maximum Gasteiger partial charge on any atom is 0.162 e. The van der Waals surface area contributed by atoms with Crippen LogP contribution in [0, 0.1) is 0 Å². The van der Waals surface area contributed by atoms with Crippen molar-refractivity contribution in [3.63, 3.8) is 0 Å². The van der Waals surface area contributed by atoms with Crippen LogP contribution in [0.15, 0.2) is 28.7 Å². The summed E-state index contributed by atoms with van der Waals surface area (Å²) in [5, 5.41) is 0.586. The molecule has 0 aliphatic rings. The van der Waals surface area contributed by atoms with E-state index < -0.39 is 0 Å². The second-order valence-corrected chi connectivity index (χ2v) is 5.32. The number of aromatic nitrogens is 2. The predicted octanol–water partition coefficient (Wildman–Crippen LogP) is 5.00. The highest BCUT2D eigenvalue weighted by Crippen LogP contribution is 2.30. The molecule has 2 aromatic rings. The van der Waals surface area contributed by atoms with Gasteiger partial charge >= 0.3 is 0 Å². The van der Waals surface area contributed by atoms with Crippen LogP contribution in [-0.4, -0.2) is 16.6 Å². The van der Waals surface area contributed by atoms with Crippen LogP contribution in [0.3, 0.4) is 0 Å². The van der Waals surface area contributed by atoms with Gasteiger partial charge in [0, 0.05) is 5.56 Å². The lowest BCUT2D eigenvalue weighted by Crippen LogP contribution is -1.95. The highest BCUT2D eigenvalue weighted by Gasteiger charge is 2.10. The number of nitrogens with zero attached hydrogens (tertiary/aromatic N) is 2. The summed E-state index contributed by atoms with van der Waals surface area (Å²) in [6.45, 7) is 2.76. The minimum Gasteiger partial charge on any atom is -0.494 e. The van der Waals surface area contributed by atoms with Crippen LogP contribution in [-0.2, 0) is 0 Å². The monoisotopic (exact) mass is 360 g/mol. The number of hydrogen-bond donors (Lipinski definition) is 0. The van der Waals surface area contributed by atoms with Crippen molar-refractivity contribution in [3.05, 3.63) is 39.0 Å². The van der Waals surface area contributed by atoms with Crippen molar-refractivity contribution in [2.45, 2.75) is 13.3 Å². The first-order chi connectivity index (χ1) is 9.11. The molecule has 0 bridgehead atoms. The molecule has 1 aromatic carbocycles. The van der Waals surface area contributed by atoms with E-state index in [0.717, 1.165) is 17.7 Å². The smallest absolute Gasteiger partial charge is 0.162 e. The van der Waals surface area contributed by atoms with Gasteiger partial charge in [0.1, 0.15) is 16.1 Å². The van der Waals surface area contributed by atoms with Crippen molar-refractivity contribution in [1.29, 1.82) is 0 Å². The molecule has 0 aliphatic carbocycles. The quantitative estimate of drug-likeness (QED) is 0.718. The fourth-order valence-electron chi connectivity index (χ4n) is 1.44. The molecule has 6 heteroatoms. The molecule has 2 rings (SSSR count). The van der Waals surface area contributed by atoms with Crippen molar-refractivity contribution >= 4 is 39.1 Å². The van der Waals surface area contributed by atoms with Crippen LogP contribution in [0.25, 0.3) is 11.4 Å². The maximum atomic E-state index is 5.96. The van der Waals surface area contributed by atoms with Gasteiger partial charge in [-0.05, 0) is 46.6 Å². The first-order valence-corrected chi connectivity index (χ1v) is 7.28. The summed E-state index contributed by atoms with van der Waals surface area (Å²) < 4.78 is 6.01. The molecule has 0 saturated heterocycles. The number of benzene rings is 1. The summed E-state index contributed by atoms with van der Waals surface area (Å²) in [6, 6.07) is 7.50. The first-order valence-electron chi connectivity index (χ1n) is 5.73. The Morgan fingerprint density at radius 2 is 1.68 bits per heavy atom. The molecule has 0 atom stereocenters. The van der Waals surface area contributed by atoms with Gasteiger partial charge in [0.05, 0.1) is 11.1 Å². The first kappa shape index (κ1) is 14.6. The Morgan fingerprint density at radius 3 is 2.21 bits per heavy atom. The highest BCUT2D eigenvalue weighted by atomic mass is 79.9. The van der Waals surface area contributed by atoms with Crippen LogP contribution in [0.4, 0.5) is 0 Å². The van der Waals surface area contributed by atoms with Crippen molar-refractivity contribution < 1.29 is 4.74 Å². The normalized spacial score (nSPS) is 10.5. The molecule has 3 nitrogen and oxygen atoms in total. The topological polar surface area (TPSA) is 35.0 Å². The number of halogens is 3. The average Bonchev–Trinajstić information content (AvgIpc) is 2.42. The second-order valence-electron chi connectivity index (χ2n) is 3.82. The summed E-state index contributed by atoms with van der Waals surface area (Å²) in [5.41, 5.74) is 0.833. The lowest BCUT2D eigenvalue weighted by atomic mass is 10.2. The van der Waals surface area contributed by atoms with E-state index in [4.69, 9.17) is 27.9 Å². The lowest BCUT2D eigenvalue weighted by molar-refractivity contribution is 0.317. The highest BCUT2D eigenvalue weighted by molar-refractivity contribution is 9.10. The standard InChI is InChI=1S/C13H11BrCl2N2O/c1-2-7-19-9-5-3-8(4-6-9)13-17-11(15)10(14)12(16)18-13/h3-6H,2,7H2,1H3. The van der Waals surface area contributed by atoms with Crippen molar-refractivity contribution in [2.75, 3.05) is 6.61 Å². The zero-order valence-electron chi connectivity index (χ0n) is 10.2. The van der Waals surface area contributed by atoms with Crippen LogP contribution < -0.4 is 4.74 Å². The number of ether oxygens (including phenoxy) is 1. The van der Waals surface area contributed by atoms with Crippen LogP contribution in [0.2, 0.25) is 10.3 Å². The molecule has 0 fully saturated rings. The minimum atomic E-state index is 0.293. The maximum absolute atomic E-state index is 5.96. The molecule has 1 heterocycles. The molecule has 0 aliphatic heterocycles. The van der Waals surface area contributed by atoms with E-state index >= 15 is 0 Å². The van der Waals surface area contributed by atoms with Gasteiger partial charge in [-0.2, -0.15) is 0 Å². The van der Waals surface area contributed by atoms with E-state index in [0.29, 0.717) is 27.2 Å². The van der Waals surface area contributed by atoms with E-state index in [1.807, 2.05) is 24.3 Å². The van der Waals surface area contributed by atoms with Gasteiger partial charge < -0.3 is 4.74 Å². The molecule has 19 heavy (non-hydrogen) atoms. The molecule has 0 unspecified atom stereocenters. The van der Waals surface area contributed by atoms with Gasteiger partial charge in [0.15, 0.2) is 5.82 Å². The molecule has 0 radical (unpaired) electrons. The third kappa shape index (κ3) is 3.59. The van der Waals surface area contributed by atoms with Gasteiger partial charge in [-0.15, -0.1) is 0 Å². The lowest BCUT2D eigenvalue weighted by Gasteiger charge is -2.06. The van der Waals surface area contributed by atoms with Crippen LogP contribution in [0.5, 0.6) is 5.75 Å². The van der Waals surface area contributed by atoms with Gasteiger partial charge in [-0.3, -0.25) is 0 Å².